The fourth-order valence-corrected chi connectivity index (χ4v) is 3.73. The van der Waals surface area contributed by atoms with Crippen molar-refractivity contribution in [2.45, 2.75) is 18.9 Å². The lowest BCUT2D eigenvalue weighted by Crippen LogP contribution is -2.42. The summed E-state index contributed by atoms with van der Waals surface area (Å²) in [5.74, 6) is 3.21. The molecule has 2 aliphatic rings. The molecule has 0 bridgehead atoms. The van der Waals surface area contributed by atoms with E-state index in [2.05, 4.69) is 17.3 Å². The van der Waals surface area contributed by atoms with Crippen molar-refractivity contribution in [1.29, 1.82) is 0 Å². The Morgan fingerprint density at radius 3 is 3.00 bits per heavy atom. The zero-order chi connectivity index (χ0) is 13.0. The molecule has 2 fully saturated rings. The van der Waals surface area contributed by atoms with Gasteiger partial charge in [-0.05, 0) is 25.9 Å². The number of nitrogens with one attached hydrogen (secondary N) is 1. The van der Waals surface area contributed by atoms with Gasteiger partial charge < -0.3 is 15.1 Å². The molecule has 2 unspecified atom stereocenters. The van der Waals surface area contributed by atoms with Crippen molar-refractivity contribution in [2.24, 2.45) is 5.92 Å². The molecule has 2 aliphatic heterocycles. The van der Waals surface area contributed by atoms with Crippen molar-refractivity contribution < 1.29 is 4.79 Å². The first-order valence-electron chi connectivity index (χ1n) is 6.89. The van der Waals surface area contributed by atoms with Crippen LogP contribution in [-0.2, 0) is 4.79 Å². The third-order valence-electron chi connectivity index (χ3n) is 3.87. The van der Waals surface area contributed by atoms with Crippen LogP contribution in [0.2, 0.25) is 0 Å². The summed E-state index contributed by atoms with van der Waals surface area (Å²) in [6, 6.07) is 0.380. The minimum absolute atomic E-state index is 0.296. The van der Waals surface area contributed by atoms with E-state index in [1.807, 2.05) is 23.7 Å². The Balaban J connectivity index is 1.70. The van der Waals surface area contributed by atoms with E-state index in [4.69, 9.17) is 0 Å². The number of hydrogen-bond donors (Lipinski definition) is 1. The molecule has 104 valence electrons. The molecule has 0 aromatic carbocycles. The van der Waals surface area contributed by atoms with E-state index >= 15 is 0 Å². The van der Waals surface area contributed by atoms with Crippen LogP contribution in [0.15, 0.2) is 0 Å². The molecule has 5 heteroatoms. The van der Waals surface area contributed by atoms with Crippen LogP contribution in [0.3, 0.4) is 0 Å². The minimum Gasteiger partial charge on any atom is -0.345 e. The summed E-state index contributed by atoms with van der Waals surface area (Å²) in [7, 11) is 4.11. The van der Waals surface area contributed by atoms with Crippen molar-refractivity contribution in [1.82, 2.24) is 15.1 Å². The second kappa shape index (κ2) is 6.78. The molecule has 2 heterocycles. The fourth-order valence-electron chi connectivity index (χ4n) is 2.78. The third-order valence-corrected chi connectivity index (χ3v) is 5.00. The molecule has 0 spiro atoms. The van der Waals surface area contributed by atoms with Crippen molar-refractivity contribution in [2.75, 3.05) is 51.8 Å². The van der Waals surface area contributed by atoms with Gasteiger partial charge in [-0.15, -0.1) is 0 Å². The zero-order valence-electron chi connectivity index (χ0n) is 11.5. The van der Waals surface area contributed by atoms with Gasteiger partial charge in [0.25, 0.3) is 0 Å². The highest BCUT2D eigenvalue weighted by Crippen LogP contribution is 2.16. The second-order valence-corrected chi connectivity index (χ2v) is 6.77. The number of carbonyl (C=O) groups is 1. The zero-order valence-corrected chi connectivity index (χ0v) is 12.3. The average Bonchev–Trinajstić information content (AvgIpc) is 2.76. The van der Waals surface area contributed by atoms with Gasteiger partial charge in [0.1, 0.15) is 0 Å². The minimum atomic E-state index is 0.296. The molecular weight excluding hydrogens is 246 g/mol. The largest absolute Gasteiger partial charge is 0.345 e. The molecule has 0 aliphatic carbocycles. The van der Waals surface area contributed by atoms with Crippen LogP contribution in [0.4, 0.5) is 0 Å². The first-order chi connectivity index (χ1) is 8.65. The standard InChI is InChI=1S/C13H25N3OS/c1-15-5-3-11(8-15)9-16(2)13(17)7-12-10-18-6-4-14-12/h11-12,14H,3-10H2,1-2H3. The third kappa shape index (κ3) is 4.14. The lowest BCUT2D eigenvalue weighted by molar-refractivity contribution is -0.130. The van der Waals surface area contributed by atoms with Crippen LogP contribution >= 0.6 is 11.8 Å². The Bertz CT molecular complexity index is 281. The summed E-state index contributed by atoms with van der Waals surface area (Å²) in [5, 5.41) is 3.43. The molecular formula is C13H25N3OS. The van der Waals surface area contributed by atoms with Crippen molar-refractivity contribution in [3.8, 4) is 0 Å². The van der Waals surface area contributed by atoms with E-state index in [1.54, 1.807) is 0 Å². The normalized spacial score (nSPS) is 29.4. The molecule has 18 heavy (non-hydrogen) atoms. The predicted octanol–water partition coefficient (Wildman–Crippen LogP) is 0.492. The number of thioether (sulfide) groups is 1. The lowest BCUT2D eigenvalue weighted by atomic mass is 10.1. The average molecular weight is 271 g/mol. The SMILES string of the molecule is CN1CCC(CN(C)C(=O)CC2CSCCN2)C1. The number of rotatable bonds is 4. The second-order valence-electron chi connectivity index (χ2n) is 5.62. The van der Waals surface area contributed by atoms with Crippen LogP contribution in [0.1, 0.15) is 12.8 Å². The highest BCUT2D eigenvalue weighted by Gasteiger charge is 2.24. The maximum atomic E-state index is 12.1. The Kier molecular flexibility index (Phi) is 5.33. The van der Waals surface area contributed by atoms with Crippen LogP contribution < -0.4 is 5.32 Å². The predicted molar refractivity (Wildman–Crippen MR) is 77.0 cm³/mol. The highest BCUT2D eigenvalue weighted by molar-refractivity contribution is 7.99. The van der Waals surface area contributed by atoms with Gasteiger partial charge in [-0.2, -0.15) is 11.8 Å². The van der Waals surface area contributed by atoms with Gasteiger partial charge in [0, 0.05) is 50.7 Å². The monoisotopic (exact) mass is 271 g/mol. The maximum absolute atomic E-state index is 12.1. The Morgan fingerprint density at radius 1 is 1.56 bits per heavy atom. The maximum Gasteiger partial charge on any atom is 0.223 e. The summed E-state index contributed by atoms with van der Waals surface area (Å²) < 4.78 is 0. The number of amides is 1. The summed E-state index contributed by atoms with van der Waals surface area (Å²) in [4.78, 5) is 16.4. The number of hydrogen-bond acceptors (Lipinski definition) is 4. The summed E-state index contributed by atoms with van der Waals surface area (Å²) in [6.45, 7) is 4.27. The molecule has 0 aromatic heterocycles. The molecule has 1 N–H and O–H groups in total. The number of nitrogens with zero attached hydrogens (tertiary/aromatic N) is 2. The van der Waals surface area contributed by atoms with Gasteiger partial charge in [-0.1, -0.05) is 0 Å². The van der Waals surface area contributed by atoms with Crippen LogP contribution in [-0.4, -0.2) is 73.5 Å². The topological polar surface area (TPSA) is 35.6 Å². The first kappa shape index (κ1) is 14.2. The molecule has 0 aromatic rings. The molecule has 2 atom stereocenters. The van der Waals surface area contributed by atoms with E-state index in [-0.39, 0.29) is 0 Å². The molecule has 1 amide bonds. The van der Waals surface area contributed by atoms with Gasteiger partial charge in [-0.3, -0.25) is 4.79 Å². The Hall–Kier alpha value is -0.260. The van der Waals surface area contributed by atoms with Crippen molar-refractivity contribution in [3.63, 3.8) is 0 Å². The van der Waals surface area contributed by atoms with Gasteiger partial charge in [0.15, 0.2) is 0 Å². The quantitative estimate of drug-likeness (QED) is 0.807. The lowest BCUT2D eigenvalue weighted by Gasteiger charge is -2.26. The van der Waals surface area contributed by atoms with Gasteiger partial charge in [0.05, 0.1) is 0 Å². The Labute approximate surface area is 114 Å². The highest BCUT2D eigenvalue weighted by atomic mass is 32.2. The van der Waals surface area contributed by atoms with Gasteiger partial charge >= 0.3 is 0 Å². The Morgan fingerprint density at radius 2 is 2.39 bits per heavy atom. The first-order valence-corrected chi connectivity index (χ1v) is 8.04. The fraction of sp³-hybridized carbons (Fsp3) is 0.923. The summed E-state index contributed by atoms with van der Waals surface area (Å²) in [5.41, 5.74) is 0. The molecule has 0 radical (unpaired) electrons. The number of carbonyl (C=O) groups excluding carboxylic acids is 1. The molecule has 2 rings (SSSR count). The van der Waals surface area contributed by atoms with E-state index in [1.165, 1.54) is 18.7 Å². The van der Waals surface area contributed by atoms with E-state index < -0.39 is 0 Å². The van der Waals surface area contributed by atoms with Crippen LogP contribution in [0.25, 0.3) is 0 Å². The van der Waals surface area contributed by atoms with E-state index in [9.17, 15) is 4.79 Å². The molecule has 0 saturated carbocycles. The van der Waals surface area contributed by atoms with Crippen molar-refractivity contribution >= 4 is 17.7 Å². The van der Waals surface area contributed by atoms with Crippen molar-refractivity contribution in [3.05, 3.63) is 0 Å². The number of likely N-dealkylation sites (tertiary alicyclic amines) is 1. The smallest absolute Gasteiger partial charge is 0.223 e. The molecule has 4 nitrogen and oxygen atoms in total. The van der Waals surface area contributed by atoms with Crippen LogP contribution in [0.5, 0.6) is 0 Å². The molecule has 2 saturated heterocycles. The summed E-state index contributed by atoms with van der Waals surface area (Å²) >= 11 is 1.95. The summed E-state index contributed by atoms with van der Waals surface area (Å²) in [6.07, 6.45) is 1.89. The van der Waals surface area contributed by atoms with E-state index in [0.717, 1.165) is 25.4 Å². The van der Waals surface area contributed by atoms with E-state index in [0.29, 0.717) is 24.3 Å². The van der Waals surface area contributed by atoms with Crippen LogP contribution in [0, 0.1) is 5.92 Å². The van der Waals surface area contributed by atoms with Gasteiger partial charge in [0.2, 0.25) is 5.91 Å². The van der Waals surface area contributed by atoms with Gasteiger partial charge in [-0.25, -0.2) is 0 Å².